The van der Waals surface area contributed by atoms with Gasteiger partial charge in [0.2, 0.25) is 0 Å². The van der Waals surface area contributed by atoms with Crippen LogP contribution >= 0.6 is 0 Å². The van der Waals surface area contributed by atoms with Crippen molar-refractivity contribution in [1.82, 2.24) is 0 Å². The summed E-state index contributed by atoms with van der Waals surface area (Å²) in [5, 5.41) is 1.72. The molecule has 0 aliphatic heterocycles. The average molecular weight is 392 g/mol. The number of rotatable bonds is 1. The van der Waals surface area contributed by atoms with Gasteiger partial charge in [-0.05, 0) is 21.5 Å². The largest absolute Gasteiger partial charge is 1.00 e. The van der Waals surface area contributed by atoms with Gasteiger partial charge in [0.15, 0.2) is 0 Å². The zero-order chi connectivity index (χ0) is 9.26. The molecule has 14 heavy (non-hydrogen) atoms. The summed E-state index contributed by atoms with van der Waals surface area (Å²) < 4.78 is 21.6. The summed E-state index contributed by atoms with van der Waals surface area (Å²) in [5.74, 6) is 0. The fourth-order valence-electron chi connectivity index (χ4n) is 1.34. The topological polar surface area (TPSA) is 34.1 Å². The molecule has 0 spiro atoms. The number of fused-ring (bicyclic) bond motifs is 1. The van der Waals surface area contributed by atoms with Gasteiger partial charge in [0, 0.05) is 0 Å². The van der Waals surface area contributed by atoms with Gasteiger partial charge >= 0.3 is 27.7 Å². The summed E-state index contributed by atoms with van der Waals surface area (Å²) in [6.45, 7) is 0. The fourth-order valence-corrected chi connectivity index (χ4v) is 1.90. The third kappa shape index (κ3) is 2.15. The van der Waals surface area contributed by atoms with E-state index >= 15 is 0 Å². The van der Waals surface area contributed by atoms with Crippen molar-refractivity contribution in [3.63, 3.8) is 0 Å². The van der Waals surface area contributed by atoms with Crippen LogP contribution in [0.5, 0.6) is 0 Å². The van der Waals surface area contributed by atoms with Gasteiger partial charge in [-0.3, -0.25) is 0 Å². The number of hydrogen-bond acceptors (Lipinski definition) is 3. The second kappa shape index (κ2) is 4.89. The van der Waals surface area contributed by atoms with Gasteiger partial charge in [0.1, 0.15) is 0 Å². The summed E-state index contributed by atoms with van der Waals surface area (Å²) in [6, 6.07) is 12.7. The summed E-state index contributed by atoms with van der Waals surface area (Å²) in [5.41, 5.74) is 0. The molecule has 0 aliphatic carbocycles. The molecule has 0 amide bonds. The molecule has 2 aromatic carbocycles. The molecule has 0 bridgehead atoms. The van der Waals surface area contributed by atoms with Crippen molar-refractivity contribution in [2.45, 2.75) is 4.90 Å². The Hall–Kier alpha value is -0.415. The molecule has 0 fully saturated rings. The Labute approximate surface area is 104 Å². The summed E-state index contributed by atoms with van der Waals surface area (Å²) in [7, 11) is -2.15. The molecule has 1 radical (unpaired) electrons. The van der Waals surface area contributed by atoms with Crippen LogP contribution in [0.4, 0.5) is 0 Å². The Morgan fingerprint density at radius 1 is 0.857 bits per heavy atom. The molecule has 2 aromatic rings. The van der Waals surface area contributed by atoms with Gasteiger partial charge in [-0.25, -0.2) is 0 Å². The molecule has 0 N–H and O–H groups in total. The Morgan fingerprint density at radius 2 is 1.50 bits per heavy atom. The standard InChI is InChI=1S/C10H7O2S.Hg/c11-13(12)10-7-3-5-8-4-1-2-6-9(8)10;/h1-7H;/q-1;+1. The van der Waals surface area contributed by atoms with E-state index in [9.17, 15) is 8.42 Å². The minimum Gasteiger partial charge on any atom is -0.420 e. The smallest absolute Gasteiger partial charge is 0.420 e. The van der Waals surface area contributed by atoms with Gasteiger partial charge in [-0.15, -0.1) is 0 Å². The molecule has 0 unspecified atom stereocenters. The number of benzene rings is 2. The van der Waals surface area contributed by atoms with E-state index in [4.69, 9.17) is 0 Å². The van der Waals surface area contributed by atoms with Gasteiger partial charge in [-0.1, -0.05) is 47.4 Å². The summed E-state index contributed by atoms with van der Waals surface area (Å²) in [4.78, 5) is 0.359. The molecular formula is C10H7HgO2S. The molecule has 4 heteroatoms. The minimum absolute atomic E-state index is 0. The Kier molecular flexibility index (Phi) is 4.07. The van der Waals surface area contributed by atoms with Crippen molar-refractivity contribution in [3.05, 3.63) is 42.5 Å². The van der Waals surface area contributed by atoms with Crippen molar-refractivity contribution in [1.29, 1.82) is 0 Å². The monoisotopic (exact) mass is 393 g/mol. The first-order chi connectivity index (χ1) is 6.29. The molecule has 2 rings (SSSR count). The Bertz CT molecular complexity index is 507. The molecular weight excluding hydrogens is 385 g/mol. The maximum atomic E-state index is 10.8. The Morgan fingerprint density at radius 3 is 2.21 bits per heavy atom. The van der Waals surface area contributed by atoms with Gasteiger partial charge in [0.05, 0.1) is 0 Å². The van der Waals surface area contributed by atoms with Crippen LogP contribution in [0.2, 0.25) is 0 Å². The van der Waals surface area contributed by atoms with Crippen molar-refractivity contribution in [2.75, 3.05) is 0 Å². The van der Waals surface area contributed by atoms with Crippen LogP contribution in [-0.4, -0.2) is 0 Å². The van der Waals surface area contributed by atoms with Crippen molar-refractivity contribution in [2.24, 2.45) is 0 Å². The van der Waals surface area contributed by atoms with Gasteiger partial charge in [-0.2, -0.15) is 0 Å². The SMILES string of the molecule is O=[S-](=O)c1cccc2ccccc12.[Hg+]. The van der Waals surface area contributed by atoms with E-state index in [0.29, 0.717) is 4.90 Å². The predicted molar refractivity (Wildman–Crippen MR) is 51.0 cm³/mol. The molecule has 0 saturated heterocycles. The normalized spacial score (nSPS) is 10.1. The summed E-state index contributed by atoms with van der Waals surface area (Å²) >= 11 is 0. The maximum Gasteiger partial charge on any atom is 1.00 e. The van der Waals surface area contributed by atoms with Crippen molar-refractivity contribution < 1.29 is 36.1 Å². The molecule has 0 atom stereocenters. The third-order valence-corrected chi connectivity index (χ3v) is 2.64. The van der Waals surface area contributed by atoms with Gasteiger partial charge < -0.3 is 8.42 Å². The van der Waals surface area contributed by atoms with E-state index in [2.05, 4.69) is 0 Å². The van der Waals surface area contributed by atoms with Gasteiger partial charge in [0.25, 0.3) is 0 Å². The maximum absolute atomic E-state index is 10.8. The molecule has 0 saturated carbocycles. The van der Waals surface area contributed by atoms with Crippen molar-refractivity contribution >= 4 is 21.5 Å². The van der Waals surface area contributed by atoms with Crippen LogP contribution in [0.1, 0.15) is 0 Å². The molecule has 67 valence electrons. The van der Waals surface area contributed by atoms with E-state index in [1.54, 1.807) is 18.2 Å². The van der Waals surface area contributed by atoms with Crippen LogP contribution in [0.3, 0.4) is 0 Å². The van der Waals surface area contributed by atoms with E-state index in [1.165, 1.54) is 0 Å². The zero-order valence-corrected chi connectivity index (χ0v) is 13.8. The molecule has 0 heterocycles. The molecule has 0 aromatic heterocycles. The first-order valence-corrected chi connectivity index (χ1v) is 4.93. The van der Waals surface area contributed by atoms with E-state index in [0.717, 1.165) is 10.8 Å². The Balaban J connectivity index is 0.000000980. The first-order valence-electron chi connectivity index (χ1n) is 3.86. The third-order valence-electron chi connectivity index (χ3n) is 1.93. The minimum atomic E-state index is -2.15. The first kappa shape index (κ1) is 11.7. The van der Waals surface area contributed by atoms with Crippen molar-refractivity contribution in [3.8, 4) is 0 Å². The predicted octanol–water partition coefficient (Wildman–Crippen LogP) is 2.51. The van der Waals surface area contributed by atoms with Crippen LogP contribution in [0, 0.1) is 0 Å². The molecule has 2 nitrogen and oxygen atoms in total. The number of hydrogen-bond donors (Lipinski definition) is 0. The van der Waals surface area contributed by atoms with Crippen LogP contribution in [-0.2, 0) is 46.8 Å². The molecule has 0 aliphatic rings. The zero-order valence-electron chi connectivity index (χ0n) is 7.47. The van der Waals surface area contributed by atoms with E-state index in [-0.39, 0.29) is 27.7 Å². The summed E-state index contributed by atoms with van der Waals surface area (Å²) in [6.07, 6.45) is 0. The van der Waals surface area contributed by atoms with Crippen LogP contribution in [0.15, 0.2) is 47.4 Å². The van der Waals surface area contributed by atoms with Crippen LogP contribution < -0.4 is 0 Å². The second-order valence-electron chi connectivity index (χ2n) is 2.71. The van der Waals surface area contributed by atoms with Crippen LogP contribution in [0.25, 0.3) is 10.8 Å². The fraction of sp³-hybridized carbons (Fsp3) is 0. The second-order valence-corrected chi connectivity index (χ2v) is 3.62. The quantitative estimate of drug-likeness (QED) is 0.553. The van der Waals surface area contributed by atoms with E-state index in [1.807, 2.05) is 24.3 Å². The van der Waals surface area contributed by atoms with E-state index < -0.39 is 10.7 Å². The average Bonchev–Trinajstić information content (AvgIpc) is 2.17.